The average Bonchev–Trinajstić information content (AvgIpc) is 2.39. The molecule has 1 aliphatic heterocycles. The van der Waals surface area contributed by atoms with E-state index in [0.717, 1.165) is 24.9 Å². The first-order valence-electron chi connectivity index (χ1n) is 6.75. The van der Waals surface area contributed by atoms with Crippen LogP contribution in [0.5, 0.6) is 0 Å². The van der Waals surface area contributed by atoms with Crippen LogP contribution in [0.3, 0.4) is 0 Å². The van der Waals surface area contributed by atoms with Gasteiger partial charge in [0.2, 0.25) is 5.91 Å². The lowest BCUT2D eigenvalue weighted by Crippen LogP contribution is -2.42. The highest BCUT2D eigenvalue weighted by molar-refractivity contribution is 5.79. The molecule has 3 heteroatoms. The third-order valence-electron chi connectivity index (χ3n) is 3.65. The van der Waals surface area contributed by atoms with Gasteiger partial charge in [0, 0.05) is 12.0 Å². The first kappa shape index (κ1) is 13.1. The van der Waals surface area contributed by atoms with E-state index in [1.165, 1.54) is 0 Å². The Balaban J connectivity index is 1.91. The number of hydrogen-bond acceptors (Lipinski definition) is 2. The molecule has 3 nitrogen and oxygen atoms in total. The zero-order chi connectivity index (χ0) is 13.0. The van der Waals surface area contributed by atoms with Crippen molar-refractivity contribution in [2.24, 2.45) is 5.92 Å². The minimum atomic E-state index is 0.0869. The highest BCUT2D eigenvalue weighted by Crippen LogP contribution is 2.18. The summed E-state index contributed by atoms with van der Waals surface area (Å²) in [5, 5.41) is 6.49. The first-order valence-corrected chi connectivity index (χ1v) is 6.75. The summed E-state index contributed by atoms with van der Waals surface area (Å²) >= 11 is 0. The summed E-state index contributed by atoms with van der Waals surface area (Å²) in [6.07, 6.45) is 1.88. The number of amides is 1. The Labute approximate surface area is 109 Å². The van der Waals surface area contributed by atoms with Crippen LogP contribution in [0.2, 0.25) is 0 Å². The molecule has 0 saturated carbocycles. The standard InChI is InChI=1S/C15H22N2O/c1-11-10-14(8-9-16-11)15(18)17-12(2)13-6-4-3-5-7-13/h3-7,11-12,14,16H,8-10H2,1-2H3,(H,17,18). The third kappa shape index (κ3) is 3.33. The normalized spacial score (nSPS) is 25.4. The molecule has 0 aromatic heterocycles. The first-order chi connectivity index (χ1) is 8.66. The van der Waals surface area contributed by atoms with Crippen molar-refractivity contribution in [3.63, 3.8) is 0 Å². The number of nitrogens with one attached hydrogen (secondary N) is 2. The second kappa shape index (κ2) is 6.01. The summed E-state index contributed by atoms with van der Waals surface area (Å²) < 4.78 is 0. The van der Waals surface area contributed by atoms with E-state index in [1.54, 1.807) is 0 Å². The van der Waals surface area contributed by atoms with Gasteiger partial charge in [0.15, 0.2) is 0 Å². The Hall–Kier alpha value is -1.35. The van der Waals surface area contributed by atoms with Crippen LogP contribution in [0.15, 0.2) is 30.3 Å². The second-order valence-electron chi connectivity index (χ2n) is 5.22. The van der Waals surface area contributed by atoms with Crippen molar-refractivity contribution in [3.8, 4) is 0 Å². The lowest BCUT2D eigenvalue weighted by molar-refractivity contribution is -0.126. The highest BCUT2D eigenvalue weighted by atomic mass is 16.1. The van der Waals surface area contributed by atoms with E-state index in [9.17, 15) is 4.79 Å². The molecule has 1 heterocycles. The largest absolute Gasteiger partial charge is 0.349 e. The molecular weight excluding hydrogens is 224 g/mol. The van der Waals surface area contributed by atoms with Crippen LogP contribution in [-0.4, -0.2) is 18.5 Å². The molecular formula is C15H22N2O. The van der Waals surface area contributed by atoms with Crippen LogP contribution in [0.25, 0.3) is 0 Å². The van der Waals surface area contributed by atoms with Crippen molar-refractivity contribution >= 4 is 5.91 Å². The zero-order valence-corrected chi connectivity index (χ0v) is 11.1. The number of piperidine rings is 1. The molecule has 0 bridgehead atoms. The summed E-state index contributed by atoms with van der Waals surface area (Å²) in [5.74, 6) is 0.354. The van der Waals surface area contributed by atoms with Gasteiger partial charge in [0.05, 0.1) is 6.04 Å². The topological polar surface area (TPSA) is 41.1 Å². The van der Waals surface area contributed by atoms with Gasteiger partial charge in [0.25, 0.3) is 0 Å². The van der Waals surface area contributed by atoms with Crippen molar-refractivity contribution in [1.29, 1.82) is 0 Å². The summed E-state index contributed by atoms with van der Waals surface area (Å²) in [6, 6.07) is 10.6. The van der Waals surface area contributed by atoms with Crippen LogP contribution in [-0.2, 0) is 4.79 Å². The molecule has 1 aromatic carbocycles. The maximum atomic E-state index is 12.2. The van der Waals surface area contributed by atoms with Gasteiger partial charge in [-0.05, 0) is 38.8 Å². The fourth-order valence-corrected chi connectivity index (χ4v) is 2.53. The molecule has 0 radical (unpaired) electrons. The van der Waals surface area contributed by atoms with E-state index in [2.05, 4.69) is 29.7 Å². The van der Waals surface area contributed by atoms with E-state index in [1.807, 2.05) is 25.1 Å². The summed E-state index contributed by atoms with van der Waals surface area (Å²) in [5.41, 5.74) is 1.16. The number of carbonyl (C=O) groups is 1. The van der Waals surface area contributed by atoms with E-state index in [4.69, 9.17) is 0 Å². The second-order valence-corrected chi connectivity index (χ2v) is 5.22. The lowest BCUT2D eigenvalue weighted by Gasteiger charge is -2.28. The van der Waals surface area contributed by atoms with Crippen LogP contribution >= 0.6 is 0 Å². The molecule has 1 amide bonds. The summed E-state index contributed by atoms with van der Waals surface area (Å²) in [7, 11) is 0. The maximum Gasteiger partial charge on any atom is 0.223 e. The number of carbonyl (C=O) groups excluding carboxylic acids is 1. The van der Waals surface area contributed by atoms with Gasteiger partial charge >= 0.3 is 0 Å². The van der Waals surface area contributed by atoms with Gasteiger partial charge in [-0.15, -0.1) is 0 Å². The van der Waals surface area contributed by atoms with E-state index >= 15 is 0 Å². The van der Waals surface area contributed by atoms with Gasteiger partial charge in [-0.1, -0.05) is 30.3 Å². The molecule has 98 valence electrons. The predicted molar refractivity (Wildman–Crippen MR) is 73.2 cm³/mol. The van der Waals surface area contributed by atoms with Crippen LogP contribution in [0.4, 0.5) is 0 Å². The molecule has 1 saturated heterocycles. The van der Waals surface area contributed by atoms with Crippen molar-refractivity contribution in [2.45, 2.75) is 38.8 Å². The van der Waals surface area contributed by atoms with Gasteiger partial charge in [-0.2, -0.15) is 0 Å². The molecule has 2 rings (SSSR count). The van der Waals surface area contributed by atoms with E-state index < -0.39 is 0 Å². The monoisotopic (exact) mass is 246 g/mol. The van der Waals surface area contributed by atoms with Crippen molar-refractivity contribution in [1.82, 2.24) is 10.6 Å². The van der Waals surface area contributed by atoms with Crippen LogP contribution < -0.4 is 10.6 Å². The quantitative estimate of drug-likeness (QED) is 0.859. The average molecular weight is 246 g/mol. The highest BCUT2D eigenvalue weighted by Gasteiger charge is 2.25. The number of rotatable bonds is 3. The Morgan fingerprint density at radius 2 is 2.11 bits per heavy atom. The SMILES string of the molecule is CC1CC(C(=O)NC(C)c2ccccc2)CCN1. The Kier molecular flexibility index (Phi) is 4.37. The molecule has 3 atom stereocenters. The fourth-order valence-electron chi connectivity index (χ4n) is 2.53. The van der Waals surface area contributed by atoms with Gasteiger partial charge in [-0.3, -0.25) is 4.79 Å². The predicted octanol–water partition coefficient (Wildman–Crippen LogP) is 2.25. The van der Waals surface area contributed by atoms with Crippen LogP contribution in [0, 0.1) is 5.92 Å². The Morgan fingerprint density at radius 3 is 2.78 bits per heavy atom. The van der Waals surface area contributed by atoms with Crippen LogP contribution in [0.1, 0.15) is 38.3 Å². The van der Waals surface area contributed by atoms with Crippen molar-refractivity contribution in [2.75, 3.05) is 6.54 Å². The molecule has 0 aliphatic carbocycles. The molecule has 1 aliphatic rings. The summed E-state index contributed by atoms with van der Waals surface area (Å²) in [6.45, 7) is 5.12. The molecule has 0 spiro atoms. The maximum absolute atomic E-state index is 12.2. The van der Waals surface area contributed by atoms with Gasteiger partial charge in [0.1, 0.15) is 0 Å². The Morgan fingerprint density at radius 1 is 1.39 bits per heavy atom. The minimum absolute atomic E-state index is 0.0869. The molecule has 2 N–H and O–H groups in total. The molecule has 1 fully saturated rings. The van der Waals surface area contributed by atoms with Crippen molar-refractivity contribution in [3.05, 3.63) is 35.9 Å². The van der Waals surface area contributed by atoms with Gasteiger partial charge < -0.3 is 10.6 Å². The van der Waals surface area contributed by atoms with E-state index in [-0.39, 0.29) is 17.9 Å². The van der Waals surface area contributed by atoms with E-state index in [0.29, 0.717) is 6.04 Å². The molecule has 18 heavy (non-hydrogen) atoms. The zero-order valence-electron chi connectivity index (χ0n) is 11.1. The minimum Gasteiger partial charge on any atom is -0.349 e. The number of hydrogen-bond donors (Lipinski definition) is 2. The smallest absolute Gasteiger partial charge is 0.223 e. The van der Waals surface area contributed by atoms with Crippen molar-refractivity contribution < 1.29 is 4.79 Å². The molecule has 3 unspecified atom stereocenters. The lowest BCUT2D eigenvalue weighted by atomic mass is 9.92. The Bertz CT molecular complexity index is 391. The number of benzene rings is 1. The molecule has 1 aromatic rings. The van der Waals surface area contributed by atoms with Gasteiger partial charge in [-0.25, -0.2) is 0 Å². The fraction of sp³-hybridized carbons (Fsp3) is 0.533. The summed E-state index contributed by atoms with van der Waals surface area (Å²) in [4.78, 5) is 12.2. The third-order valence-corrected chi connectivity index (χ3v) is 3.65.